The second-order valence-corrected chi connectivity index (χ2v) is 6.25. The molecule has 0 aliphatic heterocycles. The minimum atomic E-state index is -0.552. The number of fused-ring (bicyclic) bond motifs is 1. The number of aromatic nitrogens is 1. The van der Waals surface area contributed by atoms with Crippen molar-refractivity contribution in [3.8, 4) is 0 Å². The van der Waals surface area contributed by atoms with Gasteiger partial charge >= 0.3 is 0 Å². The minimum absolute atomic E-state index is 0.0231. The first-order valence-electron chi connectivity index (χ1n) is 8.62. The summed E-state index contributed by atoms with van der Waals surface area (Å²) in [6.07, 6.45) is 3.37. The van der Waals surface area contributed by atoms with Gasteiger partial charge in [-0.05, 0) is 31.4 Å². The lowest BCUT2D eigenvalue weighted by Crippen LogP contribution is -2.20. The van der Waals surface area contributed by atoms with Gasteiger partial charge in [-0.15, -0.1) is 0 Å². The van der Waals surface area contributed by atoms with Crippen molar-refractivity contribution in [3.63, 3.8) is 0 Å². The number of nitrogens with zero attached hydrogens (tertiary/aromatic N) is 2. The monoisotopic (exact) mass is 366 g/mol. The molecule has 1 aromatic carbocycles. The number of rotatable bonds is 10. The summed E-state index contributed by atoms with van der Waals surface area (Å²) in [5, 5.41) is 0.939. The molecule has 0 radical (unpaired) electrons. The van der Waals surface area contributed by atoms with Crippen LogP contribution in [0, 0.1) is 0 Å². The maximum Gasteiger partial charge on any atom is 0.245 e. The predicted octanol–water partition coefficient (Wildman–Crippen LogP) is 3.12. The van der Waals surface area contributed by atoms with Gasteiger partial charge in [-0.1, -0.05) is 37.4 Å². The van der Waals surface area contributed by atoms with Crippen molar-refractivity contribution < 1.29 is 9.53 Å². The van der Waals surface area contributed by atoms with Gasteiger partial charge in [0.1, 0.15) is 5.82 Å². The third kappa shape index (κ3) is 4.42. The van der Waals surface area contributed by atoms with Crippen LogP contribution in [0.1, 0.15) is 18.5 Å². The summed E-state index contributed by atoms with van der Waals surface area (Å²) in [6.45, 7) is 14.2. The lowest BCUT2D eigenvalue weighted by molar-refractivity contribution is -0.114. The molecule has 1 amide bonds. The quantitative estimate of drug-likeness (QED) is 0.384. The first kappa shape index (κ1) is 20.4. The molecule has 6 heteroatoms. The van der Waals surface area contributed by atoms with E-state index in [9.17, 15) is 4.79 Å². The highest BCUT2D eigenvalue weighted by atomic mass is 16.5. The number of ether oxygens (including phenoxy) is 1. The second-order valence-electron chi connectivity index (χ2n) is 6.25. The molecule has 27 heavy (non-hydrogen) atoms. The van der Waals surface area contributed by atoms with Gasteiger partial charge in [0.15, 0.2) is 0 Å². The van der Waals surface area contributed by atoms with E-state index < -0.39 is 5.91 Å². The van der Waals surface area contributed by atoms with Crippen molar-refractivity contribution in [2.24, 2.45) is 16.5 Å². The Morgan fingerprint density at radius 1 is 1.41 bits per heavy atom. The summed E-state index contributed by atoms with van der Waals surface area (Å²) in [5.74, 6) is 0.0886. The molecule has 0 spiro atoms. The average molecular weight is 366 g/mol. The largest absolute Gasteiger partial charge is 0.375 e. The zero-order chi connectivity index (χ0) is 20.0. The molecule has 1 unspecified atom stereocenters. The van der Waals surface area contributed by atoms with Gasteiger partial charge in [0, 0.05) is 23.1 Å². The fraction of sp³-hybridized carbons (Fsp3) is 0.238. The van der Waals surface area contributed by atoms with Crippen LogP contribution in [-0.4, -0.2) is 37.0 Å². The predicted molar refractivity (Wildman–Crippen MR) is 112 cm³/mol. The van der Waals surface area contributed by atoms with E-state index in [0.29, 0.717) is 24.6 Å². The van der Waals surface area contributed by atoms with Crippen molar-refractivity contribution in [3.05, 3.63) is 60.2 Å². The van der Waals surface area contributed by atoms with Crippen LogP contribution in [0.3, 0.4) is 0 Å². The van der Waals surface area contributed by atoms with E-state index in [0.717, 1.165) is 22.0 Å². The van der Waals surface area contributed by atoms with Gasteiger partial charge in [-0.25, -0.2) is 4.99 Å². The molecule has 0 aliphatic carbocycles. The van der Waals surface area contributed by atoms with E-state index >= 15 is 0 Å². The topological polar surface area (TPSA) is 95.6 Å². The number of hydrogen-bond acceptors (Lipinski definition) is 4. The second kappa shape index (κ2) is 9.12. The van der Waals surface area contributed by atoms with Crippen LogP contribution in [0.25, 0.3) is 17.0 Å². The normalized spacial score (nSPS) is 12.7. The van der Waals surface area contributed by atoms with E-state index in [1.807, 2.05) is 35.8 Å². The van der Waals surface area contributed by atoms with Gasteiger partial charge in [0.2, 0.25) is 5.91 Å². The fourth-order valence-corrected chi connectivity index (χ4v) is 2.92. The molecular formula is C21H26N4O2. The molecule has 0 saturated carbocycles. The summed E-state index contributed by atoms with van der Waals surface area (Å²) in [4.78, 5) is 15.9. The number of carbonyl (C=O) groups excluding carboxylic acids is 1. The van der Waals surface area contributed by atoms with Gasteiger partial charge in [0.05, 0.1) is 24.8 Å². The van der Waals surface area contributed by atoms with Crippen LogP contribution in [0.5, 0.6) is 0 Å². The third-order valence-corrected chi connectivity index (χ3v) is 4.30. The van der Waals surface area contributed by atoms with Crippen molar-refractivity contribution >= 4 is 35.4 Å². The number of primary amides is 1. The molecule has 4 N–H and O–H groups in total. The van der Waals surface area contributed by atoms with Crippen LogP contribution in [0.15, 0.2) is 59.6 Å². The minimum Gasteiger partial charge on any atom is -0.375 e. The summed E-state index contributed by atoms with van der Waals surface area (Å²) in [6, 6.07) is 7.81. The molecule has 2 rings (SSSR count). The smallest absolute Gasteiger partial charge is 0.245 e. The van der Waals surface area contributed by atoms with Crippen LogP contribution in [0.4, 0.5) is 5.82 Å². The first-order valence-corrected chi connectivity index (χ1v) is 8.62. The molecule has 1 atom stereocenters. The highest BCUT2D eigenvalue weighted by molar-refractivity contribution is 6.03. The molecule has 1 heterocycles. The van der Waals surface area contributed by atoms with Gasteiger partial charge in [0.25, 0.3) is 0 Å². The Morgan fingerprint density at radius 2 is 2.11 bits per heavy atom. The van der Waals surface area contributed by atoms with Crippen LogP contribution in [0.2, 0.25) is 0 Å². The van der Waals surface area contributed by atoms with E-state index in [1.165, 1.54) is 0 Å². The lowest BCUT2D eigenvalue weighted by Gasteiger charge is -2.17. The lowest BCUT2D eigenvalue weighted by atomic mass is 10.1. The molecule has 6 nitrogen and oxygen atoms in total. The van der Waals surface area contributed by atoms with E-state index in [1.54, 1.807) is 12.2 Å². The fourth-order valence-electron chi connectivity index (χ4n) is 2.92. The Labute approximate surface area is 159 Å². The number of aliphatic imine (C=N–C) groups is 1. The summed E-state index contributed by atoms with van der Waals surface area (Å²) >= 11 is 0. The number of amides is 1. The summed E-state index contributed by atoms with van der Waals surface area (Å²) in [5.41, 5.74) is 14.0. The molecule has 0 saturated heterocycles. The zero-order valence-corrected chi connectivity index (χ0v) is 15.6. The van der Waals surface area contributed by atoms with Gasteiger partial charge in [-0.3, -0.25) is 4.79 Å². The Morgan fingerprint density at radius 3 is 2.70 bits per heavy atom. The maximum atomic E-state index is 11.6. The van der Waals surface area contributed by atoms with Crippen LogP contribution >= 0.6 is 0 Å². The standard InChI is InChI=1S/C21H26N4O2/c1-5-14(2)12-27-13-15(3)25-19-9-7-6-8-17(19)18(21(25)24-4)10-16(11-22)20(23)26/h5-10,15H,1-2,4,11-13,22H2,3H3,(H2,23,26)/b16-10+. The SMILES string of the molecule is C=CC(=C)COCC(C)n1c(N=C)c(/C=C(\CN)C(N)=O)c2ccccc21. The highest BCUT2D eigenvalue weighted by Gasteiger charge is 2.20. The molecule has 2 aromatic rings. The molecule has 0 fully saturated rings. The number of carbonyl (C=O) groups is 1. The maximum absolute atomic E-state index is 11.6. The van der Waals surface area contributed by atoms with Crippen molar-refractivity contribution in [2.75, 3.05) is 19.8 Å². The molecule has 0 aliphatic rings. The Hall–Kier alpha value is -2.96. The van der Waals surface area contributed by atoms with E-state index in [4.69, 9.17) is 16.2 Å². The van der Waals surface area contributed by atoms with Crippen LogP contribution < -0.4 is 11.5 Å². The number of hydrogen-bond donors (Lipinski definition) is 2. The van der Waals surface area contributed by atoms with Gasteiger partial charge < -0.3 is 20.8 Å². The number of nitrogens with two attached hydrogens (primary N) is 2. The van der Waals surface area contributed by atoms with Crippen LogP contribution in [-0.2, 0) is 9.53 Å². The highest BCUT2D eigenvalue weighted by Crippen LogP contribution is 2.36. The average Bonchev–Trinajstić information content (AvgIpc) is 2.98. The summed E-state index contributed by atoms with van der Waals surface area (Å²) < 4.78 is 7.78. The Balaban J connectivity index is 2.53. The summed E-state index contributed by atoms with van der Waals surface area (Å²) in [7, 11) is 0. The molecular weight excluding hydrogens is 340 g/mol. The molecule has 142 valence electrons. The first-order chi connectivity index (χ1) is 12.9. The van der Waals surface area contributed by atoms with E-state index in [-0.39, 0.29) is 12.6 Å². The van der Waals surface area contributed by atoms with Crippen molar-refractivity contribution in [2.45, 2.75) is 13.0 Å². The van der Waals surface area contributed by atoms with Gasteiger partial charge in [-0.2, -0.15) is 0 Å². The molecule has 0 bridgehead atoms. The number of benzene rings is 1. The van der Waals surface area contributed by atoms with Crippen molar-refractivity contribution in [1.29, 1.82) is 0 Å². The van der Waals surface area contributed by atoms with E-state index in [2.05, 4.69) is 24.9 Å². The third-order valence-electron chi connectivity index (χ3n) is 4.30. The Bertz CT molecular complexity index is 908. The Kier molecular flexibility index (Phi) is 6.87. The van der Waals surface area contributed by atoms with Crippen molar-refractivity contribution in [1.82, 2.24) is 4.57 Å². The molecule has 1 aromatic heterocycles. The zero-order valence-electron chi connectivity index (χ0n) is 15.6. The number of para-hydroxylation sites is 1.